The normalized spacial score (nSPS) is 12.4. The Morgan fingerprint density at radius 1 is 1.07 bits per heavy atom. The summed E-state index contributed by atoms with van der Waals surface area (Å²) in [6.45, 7) is 1.89. The minimum atomic E-state index is -3.85. The predicted octanol–water partition coefficient (Wildman–Crippen LogP) is 3.72. The Kier molecular flexibility index (Phi) is 6.13. The van der Waals surface area contributed by atoms with Gasteiger partial charge < -0.3 is 10.1 Å². The van der Waals surface area contributed by atoms with Crippen LogP contribution in [0.1, 0.15) is 17.2 Å². The molecule has 6 nitrogen and oxygen atoms in total. The number of anilines is 1. The lowest BCUT2D eigenvalue weighted by atomic mass is 10.1. The van der Waals surface area contributed by atoms with Gasteiger partial charge in [0.1, 0.15) is 16.0 Å². The number of thiophene rings is 1. The van der Waals surface area contributed by atoms with Crippen molar-refractivity contribution in [1.29, 1.82) is 0 Å². The molecule has 1 unspecified atom stereocenters. The number of carbonyl (C=O) groups excluding carboxylic acids is 1. The molecule has 0 saturated carbocycles. The maximum absolute atomic E-state index is 13.0. The van der Waals surface area contributed by atoms with Gasteiger partial charge in [0.05, 0.1) is 12.8 Å². The highest BCUT2D eigenvalue weighted by molar-refractivity contribution is 7.91. The zero-order valence-electron chi connectivity index (χ0n) is 15.4. The molecule has 1 heterocycles. The van der Waals surface area contributed by atoms with Crippen molar-refractivity contribution in [2.75, 3.05) is 12.4 Å². The first-order chi connectivity index (χ1) is 13.4. The summed E-state index contributed by atoms with van der Waals surface area (Å²) in [5.41, 5.74) is 1.95. The Morgan fingerprint density at radius 3 is 2.46 bits per heavy atom. The van der Waals surface area contributed by atoms with Gasteiger partial charge in [0.2, 0.25) is 5.91 Å². The van der Waals surface area contributed by atoms with Gasteiger partial charge in [-0.15, -0.1) is 11.3 Å². The molecule has 2 aromatic carbocycles. The topological polar surface area (TPSA) is 84.5 Å². The van der Waals surface area contributed by atoms with E-state index in [1.54, 1.807) is 53.9 Å². The SMILES string of the molecule is COc1ccc(C)cc1NC(=O)C(NS(=O)(=O)c1cccs1)c1ccccc1. The second kappa shape index (κ2) is 8.55. The second-order valence-corrected chi connectivity index (χ2v) is 8.98. The van der Waals surface area contributed by atoms with Crippen LogP contribution in [0.15, 0.2) is 70.3 Å². The van der Waals surface area contributed by atoms with Crippen molar-refractivity contribution in [3.8, 4) is 5.75 Å². The van der Waals surface area contributed by atoms with Gasteiger partial charge in [0.25, 0.3) is 10.0 Å². The monoisotopic (exact) mass is 416 g/mol. The van der Waals surface area contributed by atoms with Gasteiger partial charge in [-0.25, -0.2) is 8.42 Å². The van der Waals surface area contributed by atoms with E-state index in [-0.39, 0.29) is 4.21 Å². The molecule has 1 amide bonds. The summed E-state index contributed by atoms with van der Waals surface area (Å²) in [5, 5.41) is 4.45. The van der Waals surface area contributed by atoms with Crippen LogP contribution < -0.4 is 14.8 Å². The third-order valence-electron chi connectivity index (χ3n) is 4.04. The van der Waals surface area contributed by atoms with Crippen LogP contribution >= 0.6 is 11.3 Å². The largest absolute Gasteiger partial charge is 0.495 e. The van der Waals surface area contributed by atoms with Crippen LogP contribution in [-0.4, -0.2) is 21.4 Å². The van der Waals surface area contributed by atoms with Gasteiger partial charge >= 0.3 is 0 Å². The summed E-state index contributed by atoms with van der Waals surface area (Å²) < 4.78 is 33.4. The maximum Gasteiger partial charge on any atom is 0.251 e. The molecule has 0 aliphatic heterocycles. The van der Waals surface area contributed by atoms with E-state index in [4.69, 9.17) is 4.74 Å². The molecule has 0 spiro atoms. The number of hydrogen-bond donors (Lipinski definition) is 2. The first-order valence-electron chi connectivity index (χ1n) is 8.47. The molecule has 3 aromatic rings. The molecule has 146 valence electrons. The first kappa shape index (κ1) is 20.1. The van der Waals surface area contributed by atoms with Gasteiger partial charge in [-0.3, -0.25) is 4.79 Å². The fourth-order valence-corrected chi connectivity index (χ4v) is 4.87. The second-order valence-electron chi connectivity index (χ2n) is 6.09. The number of aryl methyl sites for hydroxylation is 1. The van der Waals surface area contributed by atoms with Crippen molar-refractivity contribution < 1.29 is 17.9 Å². The van der Waals surface area contributed by atoms with Gasteiger partial charge in [-0.2, -0.15) is 4.72 Å². The van der Waals surface area contributed by atoms with Crippen molar-refractivity contribution >= 4 is 33.0 Å². The highest BCUT2D eigenvalue weighted by atomic mass is 32.2. The quantitative estimate of drug-likeness (QED) is 0.615. The van der Waals surface area contributed by atoms with E-state index >= 15 is 0 Å². The Labute approximate surface area is 168 Å². The molecule has 0 aliphatic rings. The van der Waals surface area contributed by atoms with Crippen LogP contribution in [0.3, 0.4) is 0 Å². The number of hydrogen-bond acceptors (Lipinski definition) is 5. The number of sulfonamides is 1. The Balaban J connectivity index is 1.94. The fourth-order valence-electron chi connectivity index (χ4n) is 2.67. The highest BCUT2D eigenvalue weighted by Crippen LogP contribution is 2.27. The van der Waals surface area contributed by atoms with Gasteiger partial charge in [0, 0.05) is 0 Å². The number of rotatable bonds is 7. The van der Waals surface area contributed by atoms with Crippen molar-refractivity contribution in [1.82, 2.24) is 4.72 Å². The average Bonchev–Trinajstić information content (AvgIpc) is 3.23. The van der Waals surface area contributed by atoms with E-state index in [1.165, 1.54) is 13.2 Å². The van der Waals surface area contributed by atoms with Crippen LogP contribution in [0.5, 0.6) is 5.75 Å². The Bertz CT molecular complexity index is 1050. The van der Waals surface area contributed by atoms with E-state index in [0.29, 0.717) is 17.0 Å². The average molecular weight is 417 g/mol. The lowest BCUT2D eigenvalue weighted by Gasteiger charge is -2.19. The molecule has 0 radical (unpaired) electrons. The minimum Gasteiger partial charge on any atom is -0.495 e. The molecule has 0 bridgehead atoms. The maximum atomic E-state index is 13.0. The van der Waals surface area contributed by atoms with E-state index in [2.05, 4.69) is 10.0 Å². The molecular formula is C20H20N2O4S2. The summed E-state index contributed by atoms with van der Waals surface area (Å²) in [7, 11) is -2.34. The molecule has 2 N–H and O–H groups in total. The van der Waals surface area contributed by atoms with E-state index < -0.39 is 22.0 Å². The highest BCUT2D eigenvalue weighted by Gasteiger charge is 2.28. The minimum absolute atomic E-state index is 0.148. The third-order valence-corrected chi connectivity index (χ3v) is 6.86. The molecule has 28 heavy (non-hydrogen) atoms. The first-order valence-corrected chi connectivity index (χ1v) is 10.8. The third kappa shape index (κ3) is 4.59. The molecule has 3 rings (SSSR count). The number of nitrogens with one attached hydrogen (secondary N) is 2. The fraction of sp³-hybridized carbons (Fsp3) is 0.150. The van der Waals surface area contributed by atoms with E-state index in [0.717, 1.165) is 16.9 Å². The lowest BCUT2D eigenvalue weighted by Crippen LogP contribution is -2.36. The summed E-state index contributed by atoms with van der Waals surface area (Å²) in [6, 6.07) is 16.1. The number of carbonyl (C=O) groups is 1. The molecule has 1 atom stereocenters. The predicted molar refractivity (Wildman–Crippen MR) is 110 cm³/mol. The van der Waals surface area contributed by atoms with Crippen molar-refractivity contribution in [3.63, 3.8) is 0 Å². The molecule has 0 aliphatic carbocycles. The number of methoxy groups -OCH3 is 1. The standard InChI is InChI=1S/C20H20N2O4S2/c1-14-10-11-17(26-2)16(13-14)21-20(23)19(15-7-4-3-5-8-15)22-28(24,25)18-9-6-12-27-18/h3-13,19,22H,1-2H3,(H,21,23). The Morgan fingerprint density at radius 2 is 1.82 bits per heavy atom. The van der Waals surface area contributed by atoms with Crippen molar-refractivity contribution in [2.45, 2.75) is 17.2 Å². The van der Waals surface area contributed by atoms with Crippen molar-refractivity contribution in [3.05, 3.63) is 77.2 Å². The van der Waals surface area contributed by atoms with E-state index in [1.807, 2.05) is 13.0 Å². The van der Waals surface area contributed by atoms with Crippen LogP contribution in [0.25, 0.3) is 0 Å². The molecule has 8 heteroatoms. The number of amides is 1. The van der Waals surface area contributed by atoms with Crippen molar-refractivity contribution in [2.24, 2.45) is 0 Å². The van der Waals surface area contributed by atoms with Gasteiger partial charge in [-0.05, 0) is 41.6 Å². The van der Waals surface area contributed by atoms with Crippen LogP contribution in [0.2, 0.25) is 0 Å². The van der Waals surface area contributed by atoms with Crippen LogP contribution in [-0.2, 0) is 14.8 Å². The summed E-state index contributed by atoms with van der Waals surface area (Å²) >= 11 is 1.09. The molecule has 0 fully saturated rings. The van der Waals surface area contributed by atoms with Gasteiger partial charge in [-0.1, -0.05) is 42.5 Å². The molecular weight excluding hydrogens is 396 g/mol. The zero-order chi connectivity index (χ0) is 20.1. The van der Waals surface area contributed by atoms with E-state index in [9.17, 15) is 13.2 Å². The summed E-state index contributed by atoms with van der Waals surface area (Å²) in [4.78, 5) is 13.0. The molecule has 0 saturated heterocycles. The summed E-state index contributed by atoms with van der Waals surface area (Å²) in [6.07, 6.45) is 0. The van der Waals surface area contributed by atoms with Crippen LogP contribution in [0.4, 0.5) is 5.69 Å². The van der Waals surface area contributed by atoms with Gasteiger partial charge in [0.15, 0.2) is 0 Å². The number of benzene rings is 2. The molecule has 1 aromatic heterocycles. The smallest absolute Gasteiger partial charge is 0.251 e. The van der Waals surface area contributed by atoms with Crippen LogP contribution in [0, 0.1) is 6.92 Å². The zero-order valence-corrected chi connectivity index (χ0v) is 17.0. The Hall–Kier alpha value is -2.68. The number of ether oxygens (including phenoxy) is 1. The lowest BCUT2D eigenvalue weighted by molar-refractivity contribution is -0.117. The summed E-state index contributed by atoms with van der Waals surface area (Å²) in [5.74, 6) is -0.0119.